The fourth-order valence-electron chi connectivity index (χ4n) is 4.42. The van der Waals surface area contributed by atoms with E-state index < -0.39 is 17.0 Å². The second-order valence-electron chi connectivity index (χ2n) is 9.41. The van der Waals surface area contributed by atoms with Crippen molar-refractivity contribution >= 4 is 29.2 Å². The van der Waals surface area contributed by atoms with E-state index in [2.05, 4.69) is 20.8 Å². The monoisotopic (exact) mass is 598 g/mol. The van der Waals surface area contributed by atoms with E-state index in [1.807, 2.05) is 30.3 Å². The van der Waals surface area contributed by atoms with Gasteiger partial charge in [0.2, 0.25) is 0 Å². The second-order valence-corrected chi connectivity index (χ2v) is 10.3. The molecule has 0 aliphatic carbocycles. The number of non-ortho nitro benzene ring substituents is 1. The lowest BCUT2D eigenvalue weighted by atomic mass is 10.1. The third-order valence-electron chi connectivity index (χ3n) is 6.51. The van der Waals surface area contributed by atoms with E-state index >= 15 is 0 Å². The minimum absolute atomic E-state index is 0.0611. The number of amides is 2. The molecule has 2 N–H and O–H groups in total. The first-order valence-corrected chi connectivity index (χ1v) is 14.2. The standard InChI is InChI=1S/C31H27FN6O4S/c1-42-28-10-6-5-9-26(28)33-30(39)34-27(19-21-7-3-2-4-8-21)29-35-36-31(43-20-22-11-13-23(32)14-12-22)37(29)24-15-17-25(18-16-24)38(40)41/h2-18,27H,19-20H2,1H3,(H2,33,34,39). The number of nitrogens with one attached hydrogen (secondary N) is 2. The summed E-state index contributed by atoms with van der Waals surface area (Å²) >= 11 is 1.37. The number of rotatable bonds is 11. The number of halogens is 1. The van der Waals surface area contributed by atoms with Gasteiger partial charge in [0.25, 0.3) is 5.69 Å². The van der Waals surface area contributed by atoms with Crippen LogP contribution in [0.2, 0.25) is 0 Å². The summed E-state index contributed by atoms with van der Waals surface area (Å²) in [5, 5.41) is 26.6. The average molecular weight is 599 g/mol. The van der Waals surface area contributed by atoms with E-state index in [9.17, 15) is 19.3 Å². The van der Waals surface area contributed by atoms with Gasteiger partial charge in [0.1, 0.15) is 11.6 Å². The summed E-state index contributed by atoms with van der Waals surface area (Å²) in [7, 11) is 1.52. The molecule has 0 aliphatic rings. The Bertz CT molecular complexity index is 1700. The molecule has 5 rings (SSSR count). The second kappa shape index (κ2) is 13.6. The maximum absolute atomic E-state index is 13.5. The molecule has 0 spiro atoms. The van der Waals surface area contributed by atoms with E-state index in [1.54, 1.807) is 53.1 Å². The molecule has 5 aromatic rings. The summed E-state index contributed by atoms with van der Waals surface area (Å²) in [6.07, 6.45) is 0.383. The molecule has 12 heteroatoms. The molecule has 1 heterocycles. The van der Waals surface area contributed by atoms with Crippen LogP contribution >= 0.6 is 11.8 Å². The number of carbonyl (C=O) groups is 1. The molecule has 0 fully saturated rings. The van der Waals surface area contributed by atoms with E-state index in [0.717, 1.165) is 11.1 Å². The van der Waals surface area contributed by atoms with Gasteiger partial charge in [0, 0.05) is 30.0 Å². The summed E-state index contributed by atoms with van der Waals surface area (Å²) in [6, 6.07) is 27.8. The highest BCUT2D eigenvalue weighted by atomic mass is 32.2. The van der Waals surface area contributed by atoms with Crippen LogP contribution in [0, 0.1) is 15.9 Å². The quantitative estimate of drug-likeness (QED) is 0.0982. The van der Waals surface area contributed by atoms with Gasteiger partial charge in [-0.1, -0.05) is 66.4 Å². The SMILES string of the molecule is COc1ccccc1NC(=O)NC(Cc1ccccc1)c1nnc(SCc2ccc(F)cc2)n1-c1ccc([N+](=O)[O-])cc1. The number of hydrogen-bond donors (Lipinski definition) is 2. The highest BCUT2D eigenvalue weighted by Gasteiger charge is 2.26. The third-order valence-corrected chi connectivity index (χ3v) is 7.51. The molecule has 0 bridgehead atoms. The molecule has 0 aliphatic heterocycles. The number of nitro benzene ring substituents is 1. The number of ether oxygens (including phenoxy) is 1. The number of aromatic nitrogens is 3. The predicted octanol–water partition coefficient (Wildman–Crippen LogP) is 6.72. The summed E-state index contributed by atoms with van der Waals surface area (Å²) in [5.74, 6) is 1.07. The Balaban J connectivity index is 1.52. The number of thioether (sulfide) groups is 1. The van der Waals surface area contributed by atoms with Crippen LogP contribution in [0.1, 0.15) is 23.0 Å². The minimum Gasteiger partial charge on any atom is -0.495 e. The van der Waals surface area contributed by atoms with Crippen molar-refractivity contribution in [1.29, 1.82) is 0 Å². The molecule has 2 amide bonds. The first-order valence-electron chi connectivity index (χ1n) is 13.2. The van der Waals surface area contributed by atoms with Gasteiger partial charge in [-0.05, 0) is 47.5 Å². The lowest BCUT2D eigenvalue weighted by molar-refractivity contribution is -0.384. The Morgan fingerprint density at radius 3 is 2.35 bits per heavy atom. The summed E-state index contributed by atoms with van der Waals surface area (Å²) in [5.41, 5.74) is 2.84. The molecule has 4 aromatic carbocycles. The first kappa shape index (κ1) is 29.3. The van der Waals surface area contributed by atoms with E-state index in [0.29, 0.717) is 40.3 Å². The number of para-hydroxylation sites is 2. The van der Waals surface area contributed by atoms with Gasteiger partial charge in [-0.3, -0.25) is 14.7 Å². The van der Waals surface area contributed by atoms with E-state index in [1.165, 1.54) is 43.1 Å². The molecular formula is C31H27FN6O4S. The van der Waals surface area contributed by atoms with Gasteiger partial charge in [-0.15, -0.1) is 10.2 Å². The number of nitrogens with zero attached hydrogens (tertiary/aromatic N) is 4. The Hall–Kier alpha value is -5.23. The molecule has 1 aromatic heterocycles. The summed E-state index contributed by atoms with van der Waals surface area (Å²) < 4.78 is 20.6. The number of hydrogen-bond acceptors (Lipinski definition) is 7. The fraction of sp³-hybridized carbons (Fsp3) is 0.129. The van der Waals surface area contributed by atoms with Crippen LogP contribution in [0.4, 0.5) is 20.6 Å². The Morgan fingerprint density at radius 1 is 0.953 bits per heavy atom. The molecule has 10 nitrogen and oxygen atoms in total. The van der Waals surface area contributed by atoms with Crippen molar-refractivity contribution in [3.63, 3.8) is 0 Å². The van der Waals surface area contributed by atoms with Crippen LogP contribution in [0.5, 0.6) is 5.75 Å². The number of anilines is 1. The number of methoxy groups -OCH3 is 1. The molecular weight excluding hydrogens is 571 g/mol. The van der Waals surface area contributed by atoms with Crippen LogP contribution in [0.25, 0.3) is 5.69 Å². The van der Waals surface area contributed by atoms with Crippen molar-refractivity contribution < 1.29 is 18.8 Å². The molecule has 1 unspecified atom stereocenters. The summed E-state index contributed by atoms with van der Waals surface area (Å²) in [6.45, 7) is 0. The maximum Gasteiger partial charge on any atom is 0.319 e. The van der Waals surface area contributed by atoms with Gasteiger partial charge in [0.15, 0.2) is 11.0 Å². The first-order chi connectivity index (χ1) is 20.9. The molecule has 218 valence electrons. The van der Waals surface area contributed by atoms with Crippen LogP contribution in [-0.2, 0) is 12.2 Å². The van der Waals surface area contributed by atoms with E-state index in [-0.39, 0.29) is 11.5 Å². The zero-order valence-electron chi connectivity index (χ0n) is 23.0. The maximum atomic E-state index is 13.5. The zero-order valence-corrected chi connectivity index (χ0v) is 23.8. The van der Waals surface area contributed by atoms with Crippen LogP contribution in [0.15, 0.2) is 108 Å². The van der Waals surface area contributed by atoms with Crippen molar-refractivity contribution in [2.45, 2.75) is 23.4 Å². The average Bonchev–Trinajstić information content (AvgIpc) is 3.45. The highest BCUT2D eigenvalue weighted by Crippen LogP contribution is 2.30. The van der Waals surface area contributed by atoms with Crippen molar-refractivity contribution in [2.75, 3.05) is 12.4 Å². The number of urea groups is 1. The zero-order chi connectivity index (χ0) is 30.2. The van der Waals surface area contributed by atoms with Gasteiger partial charge < -0.3 is 15.4 Å². The Kier molecular flexibility index (Phi) is 9.27. The lowest BCUT2D eigenvalue weighted by Gasteiger charge is -2.21. The number of nitro groups is 1. The summed E-state index contributed by atoms with van der Waals surface area (Å²) in [4.78, 5) is 24.2. The fourth-order valence-corrected chi connectivity index (χ4v) is 5.33. The smallest absolute Gasteiger partial charge is 0.319 e. The predicted molar refractivity (Wildman–Crippen MR) is 162 cm³/mol. The minimum atomic E-state index is -0.653. The number of carbonyl (C=O) groups excluding carboxylic acids is 1. The normalized spacial score (nSPS) is 11.5. The van der Waals surface area contributed by atoms with Crippen LogP contribution in [-0.4, -0.2) is 32.8 Å². The van der Waals surface area contributed by atoms with Crippen molar-refractivity contribution in [2.24, 2.45) is 0 Å². The largest absolute Gasteiger partial charge is 0.495 e. The number of benzene rings is 4. The van der Waals surface area contributed by atoms with Crippen molar-refractivity contribution in [3.8, 4) is 11.4 Å². The molecule has 0 saturated heterocycles. The van der Waals surface area contributed by atoms with Crippen molar-refractivity contribution in [1.82, 2.24) is 20.1 Å². The van der Waals surface area contributed by atoms with E-state index in [4.69, 9.17) is 4.74 Å². The van der Waals surface area contributed by atoms with Crippen LogP contribution in [0.3, 0.4) is 0 Å². The van der Waals surface area contributed by atoms with Crippen LogP contribution < -0.4 is 15.4 Å². The highest BCUT2D eigenvalue weighted by molar-refractivity contribution is 7.98. The Morgan fingerprint density at radius 2 is 1.65 bits per heavy atom. The van der Waals surface area contributed by atoms with Gasteiger partial charge in [-0.2, -0.15) is 0 Å². The lowest BCUT2D eigenvalue weighted by Crippen LogP contribution is -2.35. The third kappa shape index (κ3) is 7.35. The van der Waals surface area contributed by atoms with Gasteiger partial charge in [-0.25, -0.2) is 9.18 Å². The van der Waals surface area contributed by atoms with Gasteiger partial charge >= 0.3 is 6.03 Å². The molecule has 1 atom stereocenters. The van der Waals surface area contributed by atoms with Crippen molar-refractivity contribution in [3.05, 3.63) is 136 Å². The Labute approximate surface area is 251 Å². The molecule has 0 radical (unpaired) electrons. The van der Waals surface area contributed by atoms with Gasteiger partial charge in [0.05, 0.1) is 23.8 Å². The molecule has 43 heavy (non-hydrogen) atoms. The molecule has 0 saturated carbocycles. The topological polar surface area (TPSA) is 124 Å².